The van der Waals surface area contributed by atoms with Gasteiger partial charge in [0.1, 0.15) is 5.75 Å². The Bertz CT molecular complexity index is 985. The fourth-order valence-corrected chi connectivity index (χ4v) is 3.65. The van der Waals surface area contributed by atoms with Crippen molar-refractivity contribution in [3.8, 4) is 5.75 Å². The first-order chi connectivity index (χ1) is 12.5. The zero-order chi connectivity index (χ0) is 18.6. The fraction of sp³-hybridized carbons (Fsp3) is 0.167. The Morgan fingerprint density at radius 3 is 2.62 bits per heavy atom. The van der Waals surface area contributed by atoms with Crippen LogP contribution in [-0.2, 0) is 16.6 Å². The summed E-state index contributed by atoms with van der Waals surface area (Å²) in [6, 6.07) is 13.5. The molecule has 8 heteroatoms. The molecular weight excluding hydrogens is 374 g/mol. The van der Waals surface area contributed by atoms with Crippen molar-refractivity contribution in [2.24, 2.45) is 0 Å². The van der Waals surface area contributed by atoms with E-state index in [9.17, 15) is 8.42 Å². The summed E-state index contributed by atoms with van der Waals surface area (Å²) < 4.78 is 34.7. The second kappa shape index (κ2) is 7.80. The van der Waals surface area contributed by atoms with Crippen molar-refractivity contribution in [3.63, 3.8) is 0 Å². The van der Waals surface area contributed by atoms with Gasteiger partial charge in [-0.05, 0) is 48.9 Å². The average molecular weight is 392 g/mol. The highest BCUT2D eigenvalue weighted by Crippen LogP contribution is 2.20. The lowest BCUT2D eigenvalue weighted by molar-refractivity contribution is 0.340. The molecule has 0 spiro atoms. The van der Waals surface area contributed by atoms with Gasteiger partial charge in [-0.3, -0.25) is 9.40 Å². The monoisotopic (exact) mass is 391 g/mol. The van der Waals surface area contributed by atoms with Gasteiger partial charge < -0.3 is 4.74 Å². The van der Waals surface area contributed by atoms with E-state index < -0.39 is 10.0 Å². The summed E-state index contributed by atoms with van der Waals surface area (Å²) in [4.78, 5) is 0.171. The van der Waals surface area contributed by atoms with Gasteiger partial charge in [0.2, 0.25) is 0 Å². The summed E-state index contributed by atoms with van der Waals surface area (Å²) in [6.45, 7) is 2.89. The second-order valence-electron chi connectivity index (χ2n) is 5.57. The number of rotatable bonds is 7. The molecule has 0 saturated carbocycles. The third-order valence-corrected chi connectivity index (χ3v) is 5.16. The van der Waals surface area contributed by atoms with E-state index in [0.717, 1.165) is 5.56 Å². The van der Waals surface area contributed by atoms with Crippen LogP contribution in [0.3, 0.4) is 0 Å². The van der Waals surface area contributed by atoms with Crippen molar-refractivity contribution in [1.29, 1.82) is 0 Å². The molecule has 0 radical (unpaired) electrons. The zero-order valence-corrected chi connectivity index (χ0v) is 15.7. The zero-order valence-electron chi connectivity index (χ0n) is 14.1. The Morgan fingerprint density at radius 1 is 1.19 bits per heavy atom. The molecule has 0 aliphatic carbocycles. The molecule has 26 heavy (non-hydrogen) atoms. The fourth-order valence-electron chi connectivity index (χ4n) is 2.44. The summed E-state index contributed by atoms with van der Waals surface area (Å²) in [7, 11) is -3.68. The molecule has 1 N–H and O–H groups in total. The molecular formula is C18H18ClN3O3S. The van der Waals surface area contributed by atoms with E-state index in [-0.39, 0.29) is 4.90 Å². The maximum atomic E-state index is 12.6. The first kappa shape index (κ1) is 18.3. The molecule has 1 heterocycles. The molecule has 0 saturated heterocycles. The van der Waals surface area contributed by atoms with Crippen molar-refractivity contribution in [2.75, 3.05) is 11.3 Å². The number of anilines is 1. The van der Waals surface area contributed by atoms with Gasteiger partial charge in [-0.1, -0.05) is 23.7 Å². The van der Waals surface area contributed by atoms with Crippen LogP contribution in [-0.4, -0.2) is 24.8 Å². The highest BCUT2D eigenvalue weighted by atomic mass is 35.5. The Hall–Kier alpha value is -2.51. The molecule has 3 rings (SSSR count). The lowest BCUT2D eigenvalue weighted by Gasteiger charge is -2.10. The van der Waals surface area contributed by atoms with E-state index in [0.29, 0.717) is 29.6 Å². The molecule has 2 aromatic carbocycles. The molecule has 0 aliphatic rings. The largest absolute Gasteiger partial charge is 0.494 e. The van der Waals surface area contributed by atoms with E-state index in [1.54, 1.807) is 47.4 Å². The number of ether oxygens (including phenoxy) is 1. The van der Waals surface area contributed by atoms with Crippen LogP contribution < -0.4 is 9.46 Å². The van der Waals surface area contributed by atoms with Crippen molar-refractivity contribution in [1.82, 2.24) is 9.78 Å². The number of benzene rings is 2. The minimum absolute atomic E-state index is 0.171. The Kier molecular flexibility index (Phi) is 5.49. The first-order valence-corrected chi connectivity index (χ1v) is 9.85. The summed E-state index contributed by atoms with van der Waals surface area (Å²) in [5.41, 5.74) is 1.38. The molecule has 0 fully saturated rings. The predicted molar refractivity (Wildman–Crippen MR) is 101 cm³/mol. The Morgan fingerprint density at radius 2 is 1.96 bits per heavy atom. The Labute approximate surface area is 157 Å². The summed E-state index contributed by atoms with van der Waals surface area (Å²) in [5.74, 6) is 0.631. The number of hydrogen-bond donors (Lipinski definition) is 1. The minimum atomic E-state index is -3.68. The second-order valence-corrected chi connectivity index (χ2v) is 7.69. The highest BCUT2D eigenvalue weighted by molar-refractivity contribution is 7.92. The number of halogens is 1. The third-order valence-electron chi connectivity index (χ3n) is 3.57. The molecule has 1 aromatic heterocycles. The normalized spacial score (nSPS) is 11.3. The van der Waals surface area contributed by atoms with Crippen LogP contribution in [0.1, 0.15) is 12.5 Å². The summed E-state index contributed by atoms with van der Waals surface area (Å²) in [6.07, 6.45) is 3.26. The van der Waals surface area contributed by atoms with Crippen molar-refractivity contribution in [2.45, 2.75) is 18.4 Å². The van der Waals surface area contributed by atoms with Crippen LogP contribution in [0.4, 0.5) is 5.69 Å². The third kappa shape index (κ3) is 4.56. The molecule has 0 aliphatic heterocycles. The molecule has 136 valence electrons. The average Bonchev–Trinajstić information content (AvgIpc) is 3.00. The quantitative estimate of drug-likeness (QED) is 0.665. The van der Waals surface area contributed by atoms with Gasteiger partial charge in [0.15, 0.2) is 0 Å². The molecule has 0 bridgehead atoms. The van der Waals surface area contributed by atoms with E-state index >= 15 is 0 Å². The van der Waals surface area contributed by atoms with Gasteiger partial charge in [-0.15, -0.1) is 0 Å². The maximum Gasteiger partial charge on any atom is 0.261 e. The van der Waals surface area contributed by atoms with Crippen LogP contribution in [0, 0.1) is 0 Å². The molecule has 0 unspecified atom stereocenters. The van der Waals surface area contributed by atoms with Crippen LogP contribution in [0.5, 0.6) is 5.75 Å². The Balaban J connectivity index is 1.75. The van der Waals surface area contributed by atoms with E-state index in [2.05, 4.69) is 9.82 Å². The smallest absolute Gasteiger partial charge is 0.261 e. The van der Waals surface area contributed by atoms with Gasteiger partial charge in [-0.25, -0.2) is 8.42 Å². The van der Waals surface area contributed by atoms with Crippen molar-refractivity contribution >= 4 is 27.3 Å². The minimum Gasteiger partial charge on any atom is -0.494 e. The van der Waals surface area contributed by atoms with Crippen molar-refractivity contribution < 1.29 is 13.2 Å². The van der Waals surface area contributed by atoms with Gasteiger partial charge >= 0.3 is 0 Å². The topological polar surface area (TPSA) is 73.2 Å². The van der Waals surface area contributed by atoms with Crippen molar-refractivity contribution in [3.05, 3.63) is 71.5 Å². The standard InChI is InChI=1S/C18H18ClN3O3S/c1-2-25-17-6-8-18(9-7-17)26(23,24)21-16-5-3-4-14(10-16)12-22-13-15(19)11-20-22/h3-11,13,21H,2,12H2,1H3. The van der Waals surface area contributed by atoms with E-state index in [1.807, 2.05) is 13.0 Å². The molecule has 6 nitrogen and oxygen atoms in total. The first-order valence-electron chi connectivity index (χ1n) is 7.99. The summed E-state index contributed by atoms with van der Waals surface area (Å²) >= 11 is 5.86. The lowest BCUT2D eigenvalue weighted by atomic mass is 10.2. The van der Waals surface area contributed by atoms with Gasteiger partial charge in [-0.2, -0.15) is 5.10 Å². The predicted octanol–water partition coefficient (Wildman–Crippen LogP) is 3.78. The lowest BCUT2D eigenvalue weighted by Crippen LogP contribution is -2.13. The highest BCUT2D eigenvalue weighted by Gasteiger charge is 2.14. The van der Waals surface area contributed by atoms with Crippen LogP contribution in [0.15, 0.2) is 65.8 Å². The number of aromatic nitrogens is 2. The maximum absolute atomic E-state index is 12.6. The van der Waals surface area contributed by atoms with E-state index in [1.165, 1.54) is 12.1 Å². The number of sulfonamides is 1. The van der Waals surface area contributed by atoms with Crippen LogP contribution >= 0.6 is 11.6 Å². The van der Waals surface area contributed by atoms with Crippen LogP contribution in [0.2, 0.25) is 5.02 Å². The summed E-state index contributed by atoms with van der Waals surface area (Å²) in [5, 5.41) is 4.67. The number of nitrogens with one attached hydrogen (secondary N) is 1. The molecule has 3 aromatic rings. The van der Waals surface area contributed by atoms with Crippen LogP contribution in [0.25, 0.3) is 0 Å². The molecule has 0 amide bonds. The van der Waals surface area contributed by atoms with Gasteiger partial charge in [0.05, 0.1) is 29.3 Å². The molecule has 0 atom stereocenters. The van der Waals surface area contributed by atoms with Gasteiger partial charge in [0, 0.05) is 11.9 Å². The SMILES string of the molecule is CCOc1ccc(S(=O)(=O)Nc2cccc(Cn3cc(Cl)cn3)c2)cc1. The number of hydrogen-bond acceptors (Lipinski definition) is 4. The van der Waals surface area contributed by atoms with E-state index in [4.69, 9.17) is 16.3 Å². The number of nitrogens with zero attached hydrogens (tertiary/aromatic N) is 2. The van der Waals surface area contributed by atoms with Gasteiger partial charge in [0.25, 0.3) is 10.0 Å².